The first-order valence-electron chi connectivity index (χ1n) is 4.89. The summed E-state index contributed by atoms with van der Waals surface area (Å²) in [6, 6.07) is 1.67. The number of ether oxygens (including phenoxy) is 1. The van der Waals surface area contributed by atoms with Crippen molar-refractivity contribution in [2.24, 2.45) is 7.05 Å². The van der Waals surface area contributed by atoms with E-state index < -0.39 is 0 Å². The Hall–Kier alpha value is -1.56. The molecular formula is C9H14N4O2. The van der Waals surface area contributed by atoms with Crippen molar-refractivity contribution in [2.45, 2.75) is 0 Å². The Morgan fingerprint density at radius 1 is 1.53 bits per heavy atom. The quantitative estimate of drug-likeness (QED) is 0.724. The van der Waals surface area contributed by atoms with Gasteiger partial charge in [0, 0.05) is 26.2 Å². The highest BCUT2D eigenvalue weighted by Gasteiger charge is 2.17. The Kier molecular flexibility index (Phi) is 2.86. The first-order valence-corrected chi connectivity index (χ1v) is 4.89. The predicted octanol–water partition coefficient (Wildman–Crippen LogP) is 0.284. The molecule has 1 aromatic rings. The third-order valence-corrected chi connectivity index (χ3v) is 2.35. The Morgan fingerprint density at radius 2 is 2.27 bits per heavy atom. The third-order valence-electron chi connectivity index (χ3n) is 2.35. The number of carbonyl (C=O) groups is 1. The van der Waals surface area contributed by atoms with Crippen LogP contribution in [0.1, 0.15) is 0 Å². The smallest absolute Gasteiger partial charge is 0.323 e. The number of morpholine rings is 1. The number of aryl methyl sites for hydroxylation is 1. The van der Waals surface area contributed by atoms with Crippen molar-refractivity contribution in [3.05, 3.63) is 12.3 Å². The number of nitrogens with zero attached hydrogens (tertiary/aromatic N) is 3. The van der Waals surface area contributed by atoms with Crippen LogP contribution in [0, 0.1) is 0 Å². The zero-order chi connectivity index (χ0) is 10.7. The van der Waals surface area contributed by atoms with Gasteiger partial charge in [0.05, 0.1) is 19.4 Å². The summed E-state index contributed by atoms with van der Waals surface area (Å²) in [5, 5.41) is 6.77. The zero-order valence-electron chi connectivity index (χ0n) is 8.64. The van der Waals surface area contributed by atoms with Gasteiger partial charge in [0.15, 0.2) is 0 Å². The van der Waals surface area contributed by atoms with Crippen LogP contribution in [-0.2, 0) is 11.8 Å². The molecular weight excluding hydrogens is 196 g/mol. The summed E-state index contributed by atoms with van der Waals surface area (Å²) in [7, 11) is 1.79. The molecule has 0 unspecified atom stereocenters. The van der Waals surface area contributed by atoms with Crippen molar-refractivity contribution in [1.29, 1.82) is 0 Å². The second kappa shape index (κ2) is 4.31. The molecule has 0 radical (unpaired) electrons. The van der Waals surface area contributed by atoms with E-state index in [9.17, 15) is 4.79 Å². The Morgan fingerprint density at radius 3 is 2.87 bits per heavy atom. The lowest BCUT2D eigenvalue weighted by atomic mass is 10.4. The fourth-order valence-corrected chi connectivity index (χ4v) is 1.45. The van der Waals surface area contributed by atoms with Crippen molar-refractivity contribution in [3.8, 4) is 0 Å². The van der Waals surface area contributed by atoms with E-state index in [-0.39, 0.29) is 6.03 Å². The second-order valence-corrected chi connectivity index (χ2v) is 3.37. The molecule has 15 heavy (non-hydrogen) atoms. The van der Waals surface area contributed by atoms with Gasteiger partial charge < -0.3 is 9.64 Å². The lowest BCUT2D eigenvalue weighted by Crippen LogP contribution is -2.43. The number of rotatable bonds is 1. The number of hydrogen-bond acceptors (Lipinski definition) is 3. The molecule has 1 saturated heterocycles. The number of amides is 2. The largest absolute Gasteiger partial charge is 0.378 e. The van der Waals surface area contributed by atoms with Gasteiger partial charge in [0.2, 0.25) is 0 Å². The summed E-state index contributed by atoms with van der Waals surface area (Å²) in [6.07, 6.45) is 1.65. The van der Waals surface area contributed by atoms with Gasteiger partial charge in [-0.15, -0.1) is 0 Å². The molecule has 2 amide bonds. The summed E-state index contributed by atoms with van der Waals surface area (Å²) in [6.45, 7) is 2.50. The van der Waals surface area contributed by atoms with Gasteiger partial charge in [-0.2, -0.15) is 5.10 Å². The van der Waals surface area contributed by atoms with Crippen LogP contribution >= 0.6 is 0 Å². The molecule has 1 fully saturated rings. The molecule has 0 saturated carbocycles. The molecule has 0 atom stereocenters. The van der Waals surface area contributed by atoms with Crippen molar-refractivity contribution in [3.63, 3.8) is 0 Å². The van der Waals surface area contributed by atoms with Crippen LogP contribution < -0.4 is 5.32 Å². The lowest BCUT2D eigenvalue weighted by molar-refractivity contribution is 0.0564. The predicted molar refractivity (Wildman–Crippen MR) is 54.6 cm³/mol. The van der Waals surface area contributed by atoms with Crippen LogP contribution in [-0.4, -0.2) is 47.0 Å². The van der Waals surface area contributed by atoms with Gasteiger partial charge >= 0.3 is 6.03 Å². The monoisotopic (exact) mass is 210 g/mol. The van der Waals surface area contributed by atoms with Crippen LogP contribution in [0.25, 0.3) is 0 Å². The van der Waals surface area contributed by atoms with Crippen LogP contribution in [0.2, 0.25) is 0 Å². The molecule has 0 aromatic carbocycles. The van der Waals surface area contributed by atoms with Crippen LogP contribution in [0.5, 0.6) is 0 Å². The van der Waals surface area contributed by atoms with Gasteiger partial charge in [-0.25, -0.2) is 4.79 Å². The van der Waals surface area contributed by atoms with Crippen LogP contribution in [0.15, 0.2) is 12.3 Å². The maximum Gasteiger partial charge on any atom is 0.323 e. The highest BCUT2D eigenvalue weighted by atomic mass is 16.5. The maximum absolute atomic E-state index is 11.7. The molecule has 1 aliphatic rings. The summed E-state index contributed by atoms with van der Waals surface area (Å²) in [4.78, 5) is 13.5. The van der Waals surface area contributed by atoms with E-state index in [0.717, 1.165) is 0 Å². The molecule has 0 bridgehead atoms. The average Bonchev–Trinajstić information content (AvgIpc) is 2.66. The SMILES string of the molecule is Cn1nccc1NC(=O)N1CCOCC1. The Balaban J connectivity index is 1.94. The van der Waals surface area contributed by atoms with Crippen molar-refractivity contribution >= 4 is 11.8 Å². The molecule has 1 N–H and O–H groups in total. The second-order valence-electron chi connectivity index (χ2n) is 3.37. The molecule has 1 aliphatic heterocycles. The number of urea groups is 1. The fourth-order valence-electron chi connectivity index (χ4n) is 1.45. The van der Waals surface area contributed by atoms with E-state index in [1.54, 1.807) is 28.9 Å². The average molecular weight is 210 g/mol. The van der Waals surface area contributed by atoms with Crippen molar-refractivity contribution < 1.29 is 9.53 Å². The lowest BCUT2D eigenvalue weighted by Gasteiger charge is -2.26. The van der Waals surface area contributed by atoms with Gasteiger partial charge in [-0.3, -0.25) is 10.00 Å². The van der Waals surface area contributed by atoms with E-state index in [1.165, 1.54) is 0 Å². The van der Waals surface area contributed by atoms with Crippen LogP contribution in [0.4, 0.5) is 10.6 Å². The highest BCUT2D eigenvalue weighted by Crippen LogP contribution is 2.06. The number of hydrogen-bond donors (Lipinski definition) is 1. The summed E-state index contributed by atoms with van der Waals surface area (Å²) >= 11 is 0. The first-order chi connectivity index (χ1) is 7.27. The summed E-state index contributed by atoms with van der Waals surface area (Å²) < 4.78 is 6.79. The molecule has 2 heterocycles. The van der Waals surface area contributed by atoms with Crippen molar-refractivity contribution in [2.75, 3.05) is 31.6 Å². The minimum atomic E-state index is -0.0955. The standard InChI is InChI=1S/C9H14N4O2/c1-12-8(2-3-10-12)11-9(14)13-4-6-15-7-5-13/h2-3H,4-7H2,1H3,(H,11,14). The van der Waals surface area contributed by atoms with E-state index in [1.807, 2.05) is 0 Å². The van der Waals surface area contributed by atoms with E-state index in [4.69, 9.17) is 4.74 Å². The molecule has 82 valence electrons. The zero-order valence-corrected chi connectivity index (χ0v) is 8.64. The normalized spacial score (nSPS) is 16.5. The first kappa shape index (κ1) is 9.97. The summed E-state index contributed by atoms with van der Waals surface area (Å²) in [5.41, 5.74) is 0. The number of nitrogens with one attached hydrogen (secondary N) is 1. The topological polar surface area (TPSA) is 59.4 Å². The Bertz CT molecular complexity index is 344. The Labute approximate surface area is 87.8 Å². The molecule has 0 spiro atoms. The summed E-state index contributed by atoms with van der Waals surface area (Å²) in [5.74, 6) is 0.700. The van der Waals surface area contributed by atoms with E-state index in [2.05, 4.69) is 10.4 Å². The third kappa shape index (κ3) is 2.27. The van der Waals surface area contributed by atoms with Crippen molar-refractivity contribution in [1.82, 2.24) is 14.7 Å². The molecule has 6 nitrogen and oxygen atoms in total. The number of carbonyl (C=O) groups excluding carboxylic acids is 1. The molecule has 2 rings (SSSR count). The number of aromatic nitrogens is 2. The molecule has 1 aromatic heterocycles. The van der Waals surface area contributed by atoms with E-state index in [0.29, 0.717) is 32.1 Å². The fraction of sp³-hybridized carbons (Fsp3) is 0.556. The van der Waals surface area contributed by atoms with Gasteiger partial charge in [-0.05, 0) is 0 Å². The van der Waals surface area contributed by atoms with Gasteiger partial charge in [-0.1, -0.05) is 0 Å². The molecule has 6 heteroatoms. The van der Waals surface area contributed by atoms with Gasteiger partial charge in [0.25, 0.3) is 0 Å². The minimum Gasteiger partial charge on any atom is -0.378 e. The maximum atomic E-state index is 11.7. The van der Waals surface area contributed by atoms with E-state index >= 15 is 0 Å². The number of anilines is 1. The minimum absolute atomic E-state index is 0.0955. The van der Waals surface area contributed by atoms with Crippen LogP contribution in [0.3, 0.4) is 0 Å². The van der Waals surface area contributed by atoms with Gasteiger partial charge in [0.1, 0.15) is 5.82 Å². The molecule has 0 aliphatic carbocycles. The highest BCUT2D eigenvalue weighted by molar-refractivity contribution is 5.88.